The molecule has 116 valence electrons. The molecule has 0 atom stereocenters. The molecule has 4 nitrogen and oxygen atoms in total. The highest BCUT2D eigenvalue weighted by atomic mass is 32.1. The zero-order valence-corrected chi connectivity index (χ0v) is 13.8. The van der Waals surface area contributed by atoms with Crippen LogP contribution < -0.4 is 10.6 Å². The summed E-state index contributed by atoms with van der Waals surface area (Å²) >= 11 is 5.22. The molecule has 0 aliphatic carbocycles. The van der Waals surface area contributed by atoms with E-state index in [-0.39, 0.29) is 5.91 Å². The van der Waals surface area contributed by atoms with Crippen molar-refractivity contribution in [2.75, 3.05) is 5.32 Å². The number of amides is 1. The van der Waals surface area contributed by atoms with Crippen molar-refractivity contribution in [2.45, 2.75) is 39.5 Å². The predicted octanol–water partition coefficient (Wildman–Crippen LogP) is 3.94. The highest BCUT2D eigenvalue weighted by molar-refractivity contribution is 7.80. The van der Waals surface area contributed by atoms with Crippen LogP contribution in [0.2, 0.25) is 0 Å². The number of benzene rings is 1. The van der Waals surface area contributed by atoms with E-state index < -0.39 is 0 Å². The maximum absolute atomic E-state index is 11.8. The molecule has 2 aromatic rings. The molecule has 0 unspecified atom stereocenters. The van der Waals surface area contributed by atoms with E-state index in [4.69, 9.17) is 12.2 Å². The van der Waals surface area contributed by atoms with E-state index in [1.54, 1.807) is 0 Å². The van der Waals surface area contributed by atoms with Crippen molar-refractivity contribution in [3.8, 4) is 0 Å². The van der Waals surface area contributed by atoms with Crippen LogP contribution in [0.5, 0.6) is 0 Å². The van der Waals surface area contributed by atoms with Crippen LogP contribution in [-0.2, 0) is 4.79 Å². The summed E-state index contributed by atoms with van der Waals surface area (Å²) in [4.78, 5) is 16.3. The van der Waals surface area contributed by atoms with Gasteiger partial charge in [-0.15, -0.1) is 0 Å². The van der Waals surface area contributed by atoms with Crippen LogP contribution in [0.4, 0.5) is 5.69 Å². The molecule has 0 aliphatic rings. The first kappa shape index (κ1) is 16.4. The number of nitrogens with zero attached hydrogens (tertiary/aromatic N) is 1. The first-order valence-corrected chi connectivity index (χ1v) is 7.98. The number of anilines is 1. The average molecular weight is 315 g/mol. The lowest BCUT2D eigenvalue weighted by Crippen LogP contribution is -2.33. The van der Waals surface area contributed by atoms with Gasteiger partial charge in [0.1, 0.15) is 0 Å². The van der Waals surface area contributed by atoms with Gasteiger partial charge < -0.3 is 10.6 Å². The van der Waals surface area contributed by atoms with Gasteiger partial charge in [-0.05, 0) is 49.8 Å². The fourth-order valence-corrected chi connectivity index (χ4v) is 2.47. The van der Waals surface area contributed by atoms with Crippen LogP contribution >= 0.6 is 12.2 Å². The van der Waals surface area contributed by atoms with Crippen LogP contribution in [0.15, 0.2) is 30.3 Å². The minimum atomic E-state index is -0.0415. The molecule has 5 heteroatoms. The van der Waals surface area contributed by atoms with Crippen molar-refractivity contribution in [3.63, 3.8) is 0 Å². The van der Waals surface area contributed by atoms with Crippen LogP contribution in [0.3, 0.4) is 0 Å². The van der Waals surface area contributed by atoms with E-state index in [9.17, 15) is 4.79 Å². The number of hydrogen-bond acceptors (Lipinski definition) is 3. The Bertz CT molecular complexity index is 685. The third-order valence-corrected chi connectivity index (χ3v) is 3.58. The summed E-state index contributed by atoms with van der Waals surface area (Å²) in [5.41, 5.74) is 2.72. The maximum Gasteiger partial charge on any atom is 0.226 e. The first-order valence-electron chi connectivity index (χ1n) is 7.57. The molecule has 1 heterocycles. The number of rotatable bonds is 5. The number of hydrogen-bond donors (Lipinski definition) is 2. The predicted molar refractivity (Wildman–Crippen MR) is 95.0 cm³/mol. The third kappa shape index (κ3) is 4.49. The van der Waals surface area contributed by atoms with E-state index >= 15 is 0 Å². The number of carbonyl (C=O) groups excluding carboxylic acids is 1. The molecule has 1 amide bonds. The van der Waals surface area contributed by atoms with Crippen molar-refractivity contribution in [3.05, 3.63) is 36.0 Å². The van der Waals surface area contributed by atoms with E-state index in [0.29, 0.717) is 11.5 Å². The molecule has 0 bridgehead atoms. The lowest BCUT2D eigenvalue weighted by atomic mass is 10.1. The SMILES string of the molecule is CCCCCC(=O)NC(=S)Nc1cccc2nc(C)ccc12. The lowest BCUT2D eigenvalue weighted by Gasteiger charge is -2.11. The highest BCUT2D eigenvalue weighted by Gasteiger charge is 2.07. The first-order chi connectivity index (χ1) is 10.6. The molecule has 2 N–H and O–H groups in total. The fourth-order valence-electron chi connectivity index (χ4n) is 2.24. The Kier molecular flexibility index (Phi) is 5.83. The van der Waals surface area contributed by atoms with Crippen molar-refractivity contribution in [1.82, 2.24) is 10.3 Å². The largest absolute Gasteiger partial charge is 0.332 e. The molecule has 0 aliphatic heterocycles. The second-order valence-corrected chi connectivity index (χ2v) is 5.69. The van der Waals surface area contributed by atoms with Crippen LogP contribution in [-0.4, -0.2) is 16.0 Å². The summed E-state index contributed by atoms with van der Waals surface area (Å²) in [6.07, 6.45) is 3.55. The molecule has 22 heavy (non-hydrogen) atoms. The minimum absolute atomic E-state index is 0.0415. The normalized spacial score (nSPS) is 10.5. The number of unbranched alkanes of at least 4 members (excludes halogenated alkanes) is 2. The van der Waals surface area contributed by atoms with Crippen LogP contribution in [0.25, 0.3) is 10.9 Å². The van der Waals surface area contributed by atoms with Crippen molar-refractivity contribution < 1.29 is 4.79 Å². The summed E-state index contributed by atoms with van der Waals surface area (Å²) in [5, 5.41) is 7.12. The Hall–Kier alpha value is -2.01. The lowest BCUT2D eigenvalue weighted by molar-refractivity contribution is -0.119. The van der Waals surface area contributed by atoms with Gasteiger partial charge in [0.25, 0.3) is 0 Å². The number of thiocarbonyl (C=S) groups is 1. The summed E-state index contributed by atoms with van der Waals surface area (Å²) in [6.45, 7) is 4.07. The van der Waals surface area contributed by atoms with Gasteiger partial charge >= 0.3 is 0 Å². The smallest absolute Gasteiger partial charge is 0.226 e. The Morgan fingerprint density at radius 1 is 1.23 bits per heavy atom. The Morgan fingerprint density at radius 2 is 2.05 bits per heavy atom. The van der Waals surface area contributed by atoms with Crippen molar-refractivity contribution in [1.29, 1.82) is 0 Å². The zero-order valence-electron chi connectivity index (χ0n) is 13.0. The number of aromatic nitrogens is 1. The van der Waals surface area contributed by atoms with Gasteiger partial charge in [-0.3, -0.25) is 9.78 Å². The summed E-state index contributed by atoms with van der Waals surface area (Å²) in [7, 11) is 0. The standard InChI is InChI=1S/C17H21N3OS/c1-3-4-5-9-16(21)20-17(22)19-15-8-6-7-14-13(15)11-10-12(2)18-14/h6-8,10-11H,3-5,9H2,1-2H3,(H2,19,20,21,22). The monoisotopic (exact) mass is 315 g/mol. The van der Waals surface area contributed by atoms with Gasteiger partial charge in [-0.25, -0.2) is 0 Å². The maximum atomic E-state index is 11.8. The van der Waals surface area contributed by atoms with Gasteiger partial charge in [-0.2, -0.15) is 0 Å². The van der Waals surface area contributed by atoms with E-state index in [1.165, 1.54) is 0 Å². The minimum Gasteiger partial charge on any atom is -0.332 e. The Morgan fingerprint density at radius 3 is 2.82 bits per heavy atom. The molecule has 0 radical (unpaired) electrons. The fraction of sp³-hybridized carbons (Fsp3) is 0.353. The van der Waals surface area contributed by atoms with E-state index in [1.807, 2.05) is 37.3 Å². The van der Waals surface area contributed by atoms with E-state index in [2.05, 4.69) is 22.5 Å². The van der Waals surface area contributed by atoms with Crippen molar-refractivity contribution >= 4 is 39.8 Å². The molecule has 0 fully saturated rings. The van der Waals surface area contributed by atoms with Crippen LogP contribution in [0, 0.1) is 6.92 Å². The van der Waals surface area contributed by atoms with E-state index in [0.717, 1.165) is 41.5 Å². The molecule has 2 rings (SSSR count). The topological polar surface area (TPSA) is 54.0 Å². The Balaban J connectivity index is 2.01. The number of pyridine rings is 1. The van der Waals surface area contributed by atoms with Crippen molar-refractivity contribution in [2.24, 2.45) is 0 Å². The van der Waals surface area contributed by atoms with Gasteiger partial charge in [0.2, 0.25) is 5.91 Å². The Labute approximate surface area is 136 Å². The number of nitrogens with one attached hydrogen (secondary N) is 2. The third-order valence-electron chi connectivity index (χ3n) is 3.38. The summed E-state index contributed by atoms with van der Waals surface area (Å²) in [5.74, 6) is -0.0415. The number of aryl methyl sites for hydroxylation is 1. The molecule has 0 saturated heterocycles. The molecule has 0 spiro atoms. The zero-order chi connectivity index (χ0) is 15.9. The second-order valence-electron chi connectivity index (χ2n) is 5.28. The van der Waals surface area contributed by atoms with Gasteiger partial charge in [-0.1, -0.05) is 25.8 Å². The molecule has 1 aromatic heterocycles. The second kappa shape index (κ2) is 7.84. The summed E-state index contributed by atoms with van der Waals surface area (Å²) in [6, 6.07) is 9.77. The highest BCUT2D eigenvalue weighted by Crippen LogP contribution is 2.22. The number of carbonyl (C=O) groups is 1. The average Bonchev–Trinajstić information content (AvgIpc) is 2.47. The van der Waals surface area contributed by atoms with Gasteiger partial charge in [0.05, 0.1) is 5.52 Å². The number of fused-ring (bicyclic) bond motifs is 1. The molecular weight excluding hydrogens is 294 g/mol. The van der Waals surface area contributed by atoms with Gasteiger partial charge in [0.15, 0.2) is 5.11 Å². The quantitative estimate of drug-likeness (QED) is 0.648. The molecule has 0 saturated carbocycles. The summed E-state index contributed by atoms with van der Waals surface area (Å²) < 4.78 is 0. The van der Waals surface area contributed by atoms with Crippen LogP contribution in [0.1, 0.15) is 38.3 Å². The molecular formula is C17H21N3OS. The molecule has 1 aromatic carbocycles. The van der Waals surface area contributed by atoms with Gasteiger partial charge in [0, 0.05) is 23.2 Å².